The molecule has 1 aromatic carbocycles. The number of carboxylic acid groups (broad SMARTS) is 1. The molecule has 5 nitrogen and oxygen atoms in total. The van der Waals surface area contributed by atoms with Gasteiger partial charge in [-0.05, 0) is 25.1 Å². The molecule has 0 aliphatic rings. The zero-order chi connectivity index (χ0) is 13.7. The standard InChI is InChI=1S/C12H12FNO4/c1-2-18-10(15)4-3-7-5-8(13)6-9(11(7)14)12(16)17/h3-6H,2,14H2,1H3,(H,16,17). The minimum Gasteiger partial charge on any atom is -0.478 e. The average Bonchev–Trinajstić information content (AvgIpc) is 2.30. The van der Waals surface area contributed by atoms with Crippen molar-refractivity contribution in [1.29, 1.82) is 0 Å². The maximum absolute atomic E-state index is 13.2. The third-order valence-electron chi connectivity index (χ3n) is 2.09. The third-order valence-corrected chi connectivity index (χ3v) is 2.09. The van der Waals surface area contributed by atoms with Gasteiger partial charge in [0, 0.05) is 11.6 Å². The highest BCUT2D eigenvalue weighted by Gasteiger charge is 2.12. The van der Waals surface area contributed by atoms with E-state index in [0.717, 1.165) is 18.2 Å². The van der Waals surface area contributed by atoms with Crippen LogP contribution in [0.15, 0.2) is 18.2 Å². The Bertz CT molecular complexity index is 511. The number of rotatable bonds is 4. The molecule has 3 N–H and O–H groups in total. The first-order valence-corrected chi connectivity index (χ1v) is 5.12. The number of anilines is 1. The fourth-order valence-electron chi connectivity index (χ4n) is 1.30. The zero-order valence-electron chi connectivity index (χ0n) is 9.64. The van der Waals surface area contributed by atoms with Crippen LogP contribution >= 0.6 is 0 Å². The fraction of sp³-hybridized carbons (Fsp3) is 0.167. The van der Waals surface area contributed by atoms with E-state index in [1.54, 1.807) is 6.92 Å². The van der Waals surface area contributed by atoms with Crippen molar-refractivity contribution in [3.8, 4) is 0 Å². The molecule has 1 rings (SSSR count). The van der Waals surface area contributed by atoms with Crippen molar-refractivity contribution in [3.63, 3.8) is 0 Å². The Morgan fingerprint density at radius 2 is 2.17 bits per heavy atom. The first kappa shape index (κ1) is 13.7. The molecule has 0 saturated heterocycles. The lowest BCUT2D eigenvalue weighted by Crippen LogP contribution is -2.05. The van der Waals surface area contributed by atoms with Gasteiger partial charge in [0.15, 0.2) is 0 Å². The molecular formula is C12H12FNO4. The molecule has 0 heterocycles. The Morgan fingerprint density at radius 3 is 2.72 bits per heavy atom. The van der Waals surface area contributed by atoms with Crippen molar-refractivity contribution in [1.82, 2.24) is 0 Å². The van der Waals surface area contributed by atoms with E-state index in [2.05, 4.69) is 4.74 Å². The predicted octanol–water partition coefficient (Wildman–Crippen LogP) is 1.68. The van der Waals surface area contributed by atoms with Crippen molar-refractivity contribution in [2.45, 2.75) is 6.92 Å². The van der Waals surface area contributed by atoms with E-state index in [0.29, 0.717) is 0 Å². The van der Waals surface area contributed by atoms with Crippen molar-refractivity contribution in [2.75, 3.05) is 12.3 Å². The second kappa shape index (κ2) is 5.81. The molecule has 18 heavy (non-hydrogen) atoms. The maximum Gasteiger partial charge on any atom is 0.337 e. The summed E-state index contributed by atoms with van der Waals surface area (Å²) in [4.78, 5) is 21.9. The number of hydrogen-bond donors (Lipinski definition) is 2. The monoisotopic (exact) mass is 253 g/mol. The molecule has 0 unspecified atom stereocenters. The highest BCUT2D eigenvalue weighted by atomic mass is 19.1. The van der Waals surface area contributed by atoms with Crippen LogP contribution in [0.4, 0.5) is 10.1 Å². The van der Waals surface area contributed by atoms with Gasteiger partial charge < -0.3 is 15.6 Å². The van der Waals surface area contributed by atoms with Crippen LogP contribution in [0, 0.1) is 5.82 Å². The Balaban J connectivity index is 3.10. The van der Waals surface area contributed by atoms with E-state index in [9.17, 15) is 14.0 Å². The smallest absolute Gasteiger partial charge is 0.337 e. The molecule has 0 saturated carbocycles. The highest BCUT2D eigenvalue weighted by Crippen LogP contribution is 2.21. The predicted molar refractivity (Wildman–Crippen MR) is 63.4 cm³/mol. The molecule has 0 aliphatic carbocycles. The molecule has 0 radical (unpaired) electrons. The summed E-state index contributed by atoms with van der Waals surface area (Å²) in [5.74, 6) is -2.69. The molecule has 0 aliphatic heterocycles. The van der Waals surface area contributed by atoms with Gasteiger partial charge in [-0.3, -0.25) is 0 Å². The Kier molecular flexibility index (Phi) is 4.42. The summed E-state index contributed by atoms with van der Waals surface area (Å²) < 4.78 is 17.8. The number of esters is 1. The summed E-state index contributed by atoms with van der Waals surface area (Å²) in [5.41, 5.74) is 5.22. The lowest BCUT2D eigenvalue weighted by Gasteiger charge is -2.05. The second-order valence-corrected chi connectivity index (χ2v) is 3.35. The number of aromatic carboxylic acids is 1. The van der Waals surface area contributed by atoms with E-state index < -0.39 is 17.8 Å². The quantitative estimate of drug-likeness (QED) is 0.484. The molecule has 1 aromatic rings. The van der Waals surface area contributed by atoms with Crippen LogP contribution in [-0.2, 0) is 9.53 Å². The van der Waals surface area contributed by atoms with Gasteiger partial charge in [-0.25, -0.2) is 14.0 Å². The number of hydrogen-bond acceptors (Lipinski definition) is 4. The van der Waals surface area contributed by atoms with Crippen molar-refractivity contribution >= 4 is 23.7 Å². The van der Waals surface area contributed by atoms with Crippen LogP contribution in [0.3, 0.4) is 0 Å². The summed E-state index contributed by atoms with van der Waals surface area (Å²) in [6, 6.07) is 1.86. The average molecular weight is 253 g/mol. The van der Waals surface area contributed by atoms with Gasteiger partial charge >= 0.3 is 11.9 Å². The molecular weight excluding hydrogens is 241 g/mol. The molecule has 0 bridgehead atoms. The van der Waals surface area contributed by atoms with E-state index >= 15 is 0 Å². The van der Waals surface area contributed by atoms with Crippen LogP contribution in [-0.4, -0.2) is 23.7 Å². The van der Waals surface area contributed by atoms with Crippen molar-refractivity contribution in [3.05, 3.63) is 35.2 Å². The minimum absolute atomic E-state index is 0.107. The fourth-order valence-corrected chi connectivity index (χ4v) is 1.30. The molecule has 0 amide bonds. The number of carboxylic acids is 1. The topological polar surface area (TPSA) is 89.6 Å². The number of carbonyl (C=O) groups excluding carboxylic acids is 1. The molecule has 0 aromatic heterocycles. The van der Waals surface area contributed by atoms with E-state index in [1.807, 2.05) is 0 Å². The Morgan fingerprint density at radius 1 is 1.50 bits per heavy atom. The van der Waals surface area contributed by atoms with Crippen LogP contribution in [0.5, 0.6) is 0 Å². The third kappa shape index (κ3) is 3.31. The number of benzene rings is 1. The van der Waals surface area contributed by atoms with E-state index in [-0.39, 0.29) is 23.4 Å². The van der Waals surface area contributed by atoms with E-state index in [4.69, 9.17) is 10.8 Å². The van der Waals surface area contributed by atoms with Gasteiger partial charge in [0.2, 0.25) is 0 Å². The zero-order valence-corrected chi connectivity index (χ0v) is 9.64. The summed E-state index contributed by atoms with van der Waals surface area (Å²) in [6.07, 6.45) is 2.27. The van der Waals surface area contributed by atoms with Crippen molar-refractivity contribution in [2.24, 2.45) is 0 Å². The first-order valence-electron chi connectivity index (χ1n) is 5.12. The van der Waals surface area contributed by atoms with Crippen molar-refractivity contribution < 1.29 is 23.8 Å². The van der Waals surface area contributed by atoms with Gasteiger partial charge in [0.25, 0.3) is 0 Å². The van der Waals surface area contributed by atoms with Crippen LogP contribution in [0.25, 0.3) is 6.08 Å². The summed E-state index contributed by atoms with van der Waals surface area (Å²) in [5, 5.41) is 8.81. The summed E-state index contributed by atoms with van der Waals surface area (Å²) >= 11 is 0. The number of nitrogens with two attached hydrogens (primary N) is 1. The second-order valence-electron chi connectivity index (χ2n) is 3.35. The number of ether oxygens (including phenoxy) is 1. The summed E-state index contributed by atoms with van der Waals surface area (Å²) in [6.45, 7) is 1.85. The minimum atomic E-state index is -1.34. The normalized spacial score (nSPS) is 10.6. The van der Waals surface area contributed by atoms with Crippen LogP contribution < -0.4 is 5.73 Å². The van der Waals surface area contributed by atoms with Gasteiger partial charge in [-0.1, -0.05) is 0 Å². The first-order chi connectivity index (χ1) is 8.45. The van der Waals surface area contributed by atoms with Crippen LogP contribution in [0.2, 0.25) is 0 Å². The lowest BCUT2D eigenvalue weighted by atomic mass is 10.1. The summed E-state index contributed by atoms with van der Waals surface area (Å²) in [7, 11) is 0. The number of carbonyl (C=O) groups is 2. The van der Waals surface area contributed by atoms with E-state index in [1.165, 1.54) is 6.08 Å². The molecule has 6 heteroatoms. The largest absolute Gasteiger partial charge is 0.478 e. The van der Waals surface area contributed by atoms with Gasteiger partial charge in [0.05, 0.1) is 17.9 Å². The number of halogens is 1. The molecule has 0 atom stereocenters. The highest BCUT2D eigenvalue weighted by molar-refractivity contribution is 5.97. The van der Waals surface area contributed by atoms with Gasteiger partial charge in [-0.15, -0.1) is 0 Å². The lowest BCUT2D eigenvalue weighted by molar-refractivity contribution is -0.137. The molecule has 0 spiro atoms. The Labute approximate surface area is 103 Å². The van der Waals surface area contributed by atoms with Gasteiger partial charge in [0.1, 0.15) is 5.82 Å². The van der Waals surface area contributed by atoms with Gasteiger partial charge in [-0.2, -0.15) is 0 Å². The molecule has 0 fully saturated rings. The maximum atomic E-state index is 13.2. The molecule has 96 valence electrons. The SMILES string of the molecule is CCOC(=O)C=Cc1cc(F)cc(C(=O)O)c1N. The Hall–Kier alpha value is -2.37. The number of nitrogen functional groups attached to an aromatic ring is 1. The van der Waals surface area contributed by atoms with Crippen LogP contribution in [0.1, 0.15) is 22.8 Å².